The van der Waals surface area contributed by atoms with Crippen molar-refractivity contribution < 1.29 is 0 Å². The second-order valence-corrected chi connectivity index (χ2v) is 6.21. The van der Waals surface area contributed by atoms with Gasteiger partial charge in [-0.25, -0.2) is 0 Å². The van der Waals surface area contributed by atoms with E-state index < -0.39 is 0 Å². The predicted octanol–water partition coefficient (Wildman–Crippen LogP) is 3.97. The molecular weight excluding hydrogens is 182 g/mol. The summed E-state index contributed by atoms with van der Waals surface area (Å²) in [5, 5.41) is 0. The van der Waals surface area contributed by atoms with Crippen molar-refractivity contribution in [2.24, 2.45) is 23.0 Å². The van der Waals surface area contributed by atoms with Crippen LogP contribution in [-0.4, -0.2) is 6.04 Å². The predicted molar refractivity (Wildman–Crippen MR) is 67.8 cm³/mol. The molecule has 0 bridgehead atoms. The van der Waals surface area contributed by atoms with Crippen molar-refractivity contribution in [1.29, 1.82) is 0 Å². The van der Waals surface area contributed by atoms with Crippen LogP contribution in [0.1, 0.15) is 66.2 Å². The van der Waals surface area contributed by atoms with Gasteiger partial charge in [-0.2, -0.15) is 0 Å². The van der Waals surface area contributed by atoms with Gasteiger partial charge in [0, 0.05) is 6.04 Å². The molecule has 1 aliphatic rings. The smallest absolute Gasteiger partial charge is 0.00104 e. The molecule has 4 atom stereocenters. The lowest BCUT2D eigenvalue weighted by Gasteiger charge is -2.29. The van der Waals surface area contributed by atoms with Crippen molar-refractivity contribution in [2.75, 3.05) is 0 Å². The molecule has 0 heterocycles. The van der Waals surface area contributed by atoms with E-state index >= 15 is 0 Å². The minimum atomic E-state index is 0.381. The van der Waals surface area contributed by atoms with Gasteiger partial charge in [-0.15, -0.1) is 0 Å². The van der Waals surface area contributed by atoms with Crippen LogP contribution in [0.25, 0.3) is 0 Å². The van der Waals surface area contributed by atoms with Crippen LogP contribution in [0.5, 0.6) is 0 Å². The van der Waals surface area contributed by atoms with Crippen LogP contribution < -0.4 is 5.73 Å². The Hall–Kier alpha value is -0.0400. The highest BCUT2D eigenvalue weighted by atomic mass is 14.6. The minimum Gasteiger partial charge on any atom is -0.328 e. The van der Waals surface area contributed by atoms with Crippen molar-refractivity contribution >= 4 is 0 Å². The standard InChI is InChI=1S/C14H29N/c1-5-14(4,8-6-7-12(3)15)10-13-9-11(13)2/h11-13H,5-10,15H2,1-4H3. The fourth-order valence-corrected chi connectivity index (χ4v) is 2.59. The highest BCUT2D eigenvalue weighted by Crippen LogP contribution is 2.48. The summed E-state index contributed by atoms with van der Waals surface area (Å²) in [7, 11) is 0. The van der Waals surface area contributed by atoms with Crippen molar-refractivity contribution in [3.8, 4) is 0 Å². The van der Waals surface area contributed by atoms with Crippen LogP contribution in [0.4, 0.5) is 0 Å². The van der Waals surface area contributed by atoms with Gasteiger partial charge in [0.15, 0.2) is 0 Å². The molecule has 0 amide bonds. The van der Waals surface area contributed by atoms with Gasteiger partial charge in [-0.1, -0.05) is 33.6 Å². The van der Waals surface area contributed by atoms with E-state index in [0.29, 0.717) is 11.5 Å². The Morgan fingerprint density at radius 3 is 2.47 bits per heavy atom. The normalized spacial score (nSPS) is 31.0. The Kier molecular flexibility index (Phi) is 4.64. The average molecular weight is 211 g/mol. The lowest BCUT2D eigenvalue weighted by atomic mass is 9.77. The molecule has 0 aromatic rings. The molecule has 1 aliphatic carbocycles. The Bertz CT molecular complexity index is 188. The van der Waals surface area contributed by atoms with Crippen molar-refractivity contribution in [1.82, 2.24) is 0 Å². The lowest BCUT2D eigenvalue weighted by molar-refractivity contribution is 0.232. The molecule has 1 nitrogen and oxygen atoms in total. The monoisotopic (exact) mass is 211 g/mol. The van der Waals surface area contributed by atoms with E-state index in [4.69, 9.17) is 5.73 Å². The Morgan fingerprint density at radius 2 is 2.07 bits per heavy atom. The van der Waals surface area contributed by atoms with Crippen molar-refractivity contribution in [2.45, 2.75) is 72.3 Å². The highest BCUT2D eigenvalue weighted by Gasteiger charge is 2.37. The first-order valence-corrected chi connectivity index (χ1v) is 6.72. The van der Waals surface area contributed by atoms with Gasteiger partial charge in [-0.05, 0) is 49.9 Å². The van der Waals surface area contributed by atoms with E-state index in [9.17, 15) is 0 Å². The maximum absolute atomic E-state index is 5.80. The summed E-state index contributed by atoms with van der Waals surface area (Å²) < 4.78 is 0. The SMILES string of the molecule is CCC(C)(CCCC(C)N)CC1CC1C. The van der Waals surface area contributed by atoms with Crippen LogP contribution in [0.3, 0.4) is 0 Å². The van der Waals surface area contributed by atoms with Gasteiger partial charge in [0.25, 0.3) is 0 Å². The molecule has 0 aromatic heterocycles. The molecule has 0 radical (unpaired) electrons. The number of hydrogen-bond donors (Lipinski definition) is 1. The van der Waals surface area contributed by atoms with Crippen LogP contribution >= 0.6 is 0 Å². The third kappa shape index (κ3) is 4.55. The fourth-order valence-electron chi connectivity index (χ4n) is 2.59. The van der Waals surface area contributed by atoms with E-state index in [-0.39, 0.29) is 0 Å². The van der Waals surface area contributed by atoms with E-state index in [1.807, 2.05) is 0 Å². The molecule has 0 aliphatic heterocycles. The second kappa shape index (κ2) is 5.34. The summed E-state index contributed by atoms with van der Waals surface area (Å²) in [4.78, 5) is 0. The lowest BCUT2D eigenvalue weighted by Crippen LogP contribution is -2.19. The third-order valence-corrected chi connectivity index (χ3v) is 4.32. The average Bonchev–Trinajstić information content (AvgIpc) is 2.81. The highest BCUT2D eigenvalue weighted by molar-refractivity contribution is 4.88. The van der Waals surface area contributed by atoms with Gasteiger partial charge < -0.3 is 5.73 Å². The summed E-state index contributed by atoms with van der Waals surface area (Å²) in [5.74, 6) is 2.04. The minimum absolute atomic E-state index is 0.381. The van der Waals surface area contributed by atoms with Crippen LogP contribution in [0.15, 0.2) is 0 Å². The molecule has 1 saturated carbocycles. The van der Waals surface area contributed by atoms with E-state index in [1.165, 1.54) is 38.5 Å². The fraction of sp³-hybridized carbons (Fsp3) is 1.00. The number of hydrogen-bond acceptors (Lipinski definition) is 1. The van der Waals surface area contributed by atoms with Crippen molar-refractivity contribution in [3.05, 3.63) is 0 Å². The summed E-state index contributed by atoms with van der Waals surface area (Å²) >= 11 is 0. The van der Waals surface area contributed by atoms with E-state index in [0.717, 1.165) is 11.8 Å². The Balaban J connectivity index is 2.25. The molecule has 0 spiro atoms. The Labute approximate surface area is 95.8 Å². The molecule has 1 rings (SSSR count). The zero-order valence-electron chi connectivity index (χ0n) is 11.1. The van der Waals surface area contributed by atoms with E-state index in [1.54, 1.807) is 0 Å². The zero-order valence-corrected chi connectivity index (χ0v) is 11.1. The van der Waals surface area contributed by atoms with Crippen molar-refractivity contribution in [3.63, 3.8) is 0 Å². The maximum atomic E-state index is 5.80. The quantitative estimate of drug-likeness (QED) is 0.677. The number of nitrogens with two attached hydrogens (primary N) is 1. The molecule has 4 unspecified atom stereocenters. The summed E-state index contributed by atoms with van der Waals surface area (Å²) in [6.07, 6.45) is 8.12. The molecular formula is C14H29N. The Morgan fingerprint density at radius 1 is 1.47 bits per heavy atom. The summed E-state index contributed by atoms with van der Waals surface area (Å²) in [6.45, 7) is 9.33. The van der Waals surface area contributed by atoms with Gasteiger partial charge in [-0.3, -0.25) is 0 Å². The molecule has 15 heavy (non-hydrogen) atoms. The third-order valence-electron chi connectivity index (χ3n) is 4.32. The zero-order chi connectivity index (χ0) is 11.5. The first kappa shape index (κ1) is 13.0. The molecule has 1 fully saturated rings. The van der Waals surface area contributed by atoms with Gasteiger partial charge in [0.05, 0.1) is 0 Å². The van der Waals surface area contributed by atoms with Crippen LogP contribution in [0, 0.1) is 17.3 Å². The van der Waals surface area contributed by atoms with Gasteiger partial charge >= 0.3 is 0 Å². The largest absolute Gasteiger partial charge is 0.328 e. The summed E-state index contributed by atoms with van der Waals surface area (Å²) in [6, 6.07) is 0.381. The molecule has 2 N–H and O–H groups in total. The van der Waals surface area contributed by atoms with Gasteiger partial charge in [0.2, 0.25) is 0 Å². The first-order valence-electron chi connectivity index (χ1n) is 6.72. The second-order valence-electron chi connectivity index (χ2n) is 6.21. The van der Waals surface area contributed by atoms with Gasteiger partial charge in [0.1, 0.15) is 0 Å². The summed E-state index contributed by atoms with van der Waals surface area (Å²) in [5.41, 5.74) is 6.39. The van der Waals surface area contributed by atoms with E-state index in [2.05, 4.69) is 27.7 Å². The molecule has 0 saturated heterocycles. The van der Waals surface area contributed by atoms with Crippen LogP contribution in [0.2, 0.25) is 0 Å². The molecule has 1 heteroatoms. The number of rotatable bonds is 7. The maximum Gasteiger partial charge on any atom is 0.00104 e. The topological polar surface area (TPSA) is 26.0 Å². The molecule has 90 valence electrons. The first-order chi connectivity index (χ1) is 6.97. The van der Waals surface area contributed by atoms with Crippen LogP contribution in [-0.2, 0) is 0 Å². The molecule has 0 aromatic carbocycles.